The van der Waals surface area contributed by atoms with Crippen molar-refractivity contribution in [1.82, 2.24) is 0 Å². The lowest BCUT2D eigenvalue weighted by Gasteiger charge is -2.08. The molecule has 0 radical (unpaired) electrons. The standard InChI is InChI=1S/C21H17NO5/c1-13(23)22-17-8-6-14(7-9-17)20(25)12-27-21(26)18-10-15-4-2-3-5-16(15)11-19(18)24/h2-11,24H,12H2,1H3,(H,22,23). The summed E-state index contributed by atoms with van der Waals surface area (Å²) in [5.41, 5.74) is 0.916. The minimum Gasteiger partial charge on any atom is -0.507 e. The van der Waals surface area contributed by atoms with E-state index in [-0.39, 0.29) is 17.2 Å². The highest BCUT2D eigenvalue weighted by Gasteiger charge is 2.16. The van der Waals surface area contributed by atoms with E-state index in [0.29, 0.717) is 11.3 Å². The zero-order chi connectivity index (χ0) is 19.4. The van der Waals surface area contributed by atoms with Gasteiger partial charge in [-0.2, -0.15) is 0 Å². The molecule has 0 heterocycles. The Kier molecular flexibility index (Phi) is 5.17. The van der Waals surface area contributed by atoms with Crippen LogP contribution in [0.1, 0.15) is 27.6 Å². The van der Waals surface area contributed by atoms with Crippen molar-refractivity contribution in [2.24, 2.45) is 0 Å². The second kappa shape index (κ2) is 7.70. The quantitative estimate of drug-likeness (QED) is 0.534. The van der Waals surface area contributed by atoms with Crippen LogP contribution in [0.2, 0.25) is 0 Å². The van der Waals surface area contributed by atoms with Crippen LogP contribution in [0.3, 0.4) is 0 Å². The maximum atomic E-state index is 12.2. The Labute approximate surface area is 155 Å². The van der Waals surface area contributed by atoms with Crippen molar-refractivity contribution in [2.75, 3.05) is 11.9 Å². The maximum absolute atomic E-state index is 12.2. The van der Waals surface area contributed by atoms with Crippen LogP contribution in [-0.4, -0.2) is 29.4 Å². The van der Waals surface area contributed by atoms with Crippen LogP contribution >= 0.6 is 0 Å². The molecule has 1 amide bonds. The molecule has 0 aliphatic heterocycles. The minimum atomic E-state index is -0.776. The smallest absolute Gasteiger partial charge is 0.342 e. The van der Waals surface area contributed by atoms with Gasteiger partial charge in [0.25, 0.3) is 0 Å². The SMILES string of the molecule is CC(=O)Nc1ccc(C(=O)COC(=O)c2cc3ccccc3cc2O)cc1. The van der Waals surface area contributed by atoms with E-state index in [9.17, 15) is 19.5 Å². The number of carbonyl (C=O) groups excluding carboxylic acids is 3. The lowest BCUT2D eigenvalue weighted by atomic mass is 10.1. The van der Waals surface area contributed by atoms with Crippen molar-refractivity contribution in [1.29, 1.82) is 0 Å². The van der Waals surface area contributed by atoms with E-state index >= 15 is 0 Å². The Morgan fingerprint density at radius 2 is 1.59 bits per heavy atom. The summed E-state index contributed by atoms with van der Waals surface area (Å²) < 4.78 is 5.05. The Morgan fingerprint density at radius 1 is 0.963 bits per heavy atom. The zero-order valence-corrected chi connectivity index (χ0v) is 14.6. The average molecular weight is 363 g/mol. The van der Waals surface area contributed by atoms with E-state index in [1.807, 2.05) is 24.3 Å². The number of ether oxygens (including phenoxy) is 1. The van der Waals surface area contributed by atoms with Gasteiger partial charge in [-0.25, -0.2) is 4.79 Å². The molecule has 2 N–H and O–H groups in total. The van der Waals surface area contributed by atoms with Crippen molar-refractivity contribution in [3.63, 3.8) is 0 Å². The summed E-state index contributed by atoms with van der Waals surface area (Å²) in [7, 11) is 0. The van der Waals surface area contributed by atoms with Gasteiger partial charge >= 0.3 is 5.97 Å². The van der Waals surface area contributed by atoms with Gasteiger partial charge in [-0.3, -0.25) is 9.59 Å². The number of aromatic hydroxyl groups is 1. The number of hydrogen-bond donors (Lipinski definition) is 2. The topological polar surface area (TPSA) is 92.7 Å². The van der Waals surface area contributed by atoms with Crippen LogP contribution < -0.4 is 5.32 Å². The van der Waals surface area contributed by atoms with Crippen LogP contribution in [0.4, 0.5) is 5.69 Å². The molecule has 0 aliphatic carbocycles. The summed E-state index contributed by atoms with van der Waals surface area (Å²) in [5.74, 6) is -1.58. The summed E-state index contributed by atoms with van der Waals surface area (Å²) in [4.78, 5) is 35.4. The van der Waals surface area contributed by atoms with Gasteiger partial charge in [0, 0.05) is 18.2 Å². The van der Waals surface area contributed by atoms with Crippen molar-refractivity contribution in [3.05, 3.63) is 71.8 Å². The predicted molar refractivity (Wildman–Crippen MR) is 101 cm³/mol. The predicted octanol–water partition coefficient (Wildman–Crippen LogP) is 3.54. The highest BCUT2D eigenvalue weighted by Crippen LogP contribution is 2.25. The van der Waals surface area contributed by atoms with Crippen LogP contribution in [0.25, 0.3) is 10.8 Å². The normalized spacial score (nSPS) is 10.4. The lowest BCUT2D eigenvalue weighted by molar-refractivity contribution is -0.114. The van der Waals surface area contributed by atoms with E-state index in [1.165, 1.54) is 31.2 Å². The molecule has 3 rings (SSSR count). The molecule has 0 bridgehead atoms. The number of phenolic OH excluding ortho intramolecular Hbond substituents is 1. The number of hydrogen-bond acceptors (Lipinski definition) is 5. The molecule has 6 heteroatoms. The number of ketones is 1. The molecule has 3 aromatic carbocycles. The first kappa shape index (κ1) is 18.1. The molecule has 0 spiro atoms. The molecule has 0 unspecified atom stereocenters. The Bertz CT molecular complexity index is 1020. The number of anilines is 1. The van der Waals surface area contributed by atoms with Crippen molar-refractivity contribution in [2.45, 2.75) is 6.92 Å². The number of Topliss-reactive ketones (excluding diaryl/α,β-unsaturated/α-hetero) is 1. The fraction of sp³-hybridized carbons (Fsp3) is 0.0952. The molecular weight excluding hydrogens is 346 g/mol. The summed E-state index contributed by atoms with van der Waals surface area (Å²) >= 11 is 0. The third-order valence-corrected chi connectivity index (χ3v) is 3.95. The highest BCUT2D eigenvalue weighted by atomic mass is 16.5. The van der Waals surface area contributed by atoms with Crippen LogP contribution in [0.5, 0.6) is 5.75 Å². The first-order valence-corrected chi connectivity index (χ1v) is 8.24. The Morgan fingerprint density at radius 3 is 2.22 bits per heavy atom. The molecule has 27 heavy (non-hydrogen) atoms. The number of benzene rings is 3. The van der Waals surface area contributed by atoms with Gasteiger partial charge in [-0.05, 0) is 47.2 Å². The molecule has 0 saturated carbocycles. The third-order valence-electron chi connectivity index (χ3n) is 3.95. The van der Waals surface area contributed by atoms with Crippen LogP contribution in [0, 0.1) is 0 Å². The number of rotatable bonds is 5. The molecule has 0 aromatic heterocycles. The molecule has 3 aromatic rings. The third kappa shape index (κ3) is 4.30. The van der Waals surface area contributed by atoms with E-state index in [1.54, 1.807) is 12.1 Å². The van der Waals surface area contributed by atoms with Gasteiger partial charge in [0.05, 0.1) is 0 Å². The average Bonchev–Trinajstić information content (AvgIpc) is 2.65. The number of carbonyl (C=O) groups is 3. The first-order valence-electron chi connectivity index (χ1n) is 8.24. The van der Waals surface area contributed by atoms with Gasteiger partial charge in [0.1, 0.15) is 11.3 Å². The Balaban J connectivity index is 1.67. The number of phenols is 1. The summed E-state index contributed by atoms with van der Waals surface area (Å²) in [6.45, 7) is 0.936. The molecule has 0 aliphatic rings. The fourth-order valence-corrected chi connectivity index (χ4v) is 2.63. The van der Waals surface area contributed by atoms with Crippen molar-refractivity contribution in [3.8, 4) is 5.75 Å². The van der Waals surface area contributed by atoms with Gasteiger partial charge in [-0.1, -0.05) is 24.3 Å². The number of nitrogens with one attached hydrogen (secondary N) is 1. The molecule has 136 valence electrons. The molecule has 0 fully saturated rings. The van der Waals surface area contributed by atoms with Crippen LogP contribution in [-0.2, 0) is 9.53 Å². The summed E-state index contributed by atoms with van der Waals surface area (Å²) in [5, 5.41) is 14.2. The molecular formula is C21H17NO5. The van der Waals surface area contributed by atoms with E-state index in [4.69, 9.17) is 4.74 Å². The van der Waals surface area contributed by atoms with Gasteiger partial charge in [-0.15, -0.1) is 0 Å². The second-order valence-electron chi connectivity index (χ2n) is 5.97. The summed E-state index contributed by atoms with van der Waals surface area (Å²) in [6, 6.07) is 16.5. The zero-order valence-electron chi connectivity index (χ0n) is 14.6. The van der Waals surface area contributed by atoms with Crippen LogP contribution in [0.15, 0.2) is 60.7 Å². The number of esters is 1. The number of amides is 1. The summed E-state index contributed by atoms with van der Waals surface area (Å²) in [6.07, 6.45) is 0. The molecule has 0 atom stereocenters. The van der Waals surface area contributed by atoms with E-state index in [0.717, 1.165) is 10.8 Å². The van der Waals surface area contributed by atoms with E-state index < -0.39 is 18.4 Å². The second-order valence-corrected chi connectivity index (χ2v) is 5.97. The van der Waals surface area contributed by atoms with Crippen molar-refractivity contribution < 1.29 is 24.2 Å². The minimum absolute atomic E-state index is 0.00232. The van der Waals surface area contributed by atoms with Gasteiger partial charge < -0.3 is 15.2 Å². The largest absolute Gasteiger partial charge is 0.507 e. The van der Waals surface area contributed by atoms with Gasteiger partial charge in [0.15, 0.2) is 12.4 Å². The fourth-order valence-electron chi connectivity index (χ4n) is 2.63. The molecule has 6 nitrogen and oxygen atoms in total. The number of fused-ring (bicyclic) bond motifs is 1. The molecule has 0 saturated heterocycles. The van der Waals surface area contributed by atoms with Gasteiger partial charge in [0.2, 0.25) is 5.91 Å². The highest BCUT2D eigenvalue weighted by molar-refractivity contribution is 6.02. The lowest BCUT2D eigenvalue weighted by Crippen LogP contribution is -2.14. The Hall–Kier alpha value is -3.67. The first-order chi connectivity index (χ1) is 12.9. The monoisotopic (exact) mass is 363 g/mol. The van der Waals surface area contributed by atoms with Crippen molar-refractivity contribution >= 4 is 34.1 Å². The maximum Gasteiger partial charge on any atom is 0.342 e. The van der Waals surface area contributed by atoms with E-state index in [2.05, 4.69) is 5.32 Å².